The predicted octanol–water partition coefficient (Wildman–Crippen LogP) is 4.76. The molecule has 2 aromatic carbocycles. The third-order valence-electron chi connectivity index (χ3n) is 6.12. The third kappa shape index (κ3) is 3.98. The molecule has 1 fully saturated rings. The molecule has 1 heterocycles. The van der Waals surface area contributed by atoms with Crippen LogP contribution < -0.4 is 4.74 Å². The SMILES string of the molecule is CC(Oc1cccc(F)c1)C1CCC(CN2Cc3ccc(O)cc3C2=O)CC1. The van der Waals surface area contributed by atoms with Crippen LogP contribution in [0, 0.1) is 17.7 Å². The van der Waals surface area contributed by atoms with E-state index >= 15 is 0 Å². The number of halogens is 1. The third-order valence-corrected chi connectivity index (χ3v) is 6.12. The first kappa shape index (κ1) is 18.8. The van der Waals surface area contributed by atoms with Gasteiger partial charge in [0.2, 0.25) is 0 Å². The maximum Gasteiger partial charge on any atom is 0.254 e. The van der Waals surface area contributed by atoms with Crippen molar-refractivity contribution in [3.05, 3.63) is 59.4 Å². The van der Waals surface area contributed by atoms with E-state index in [2.05, 4.69) is 6.92 Å². The van der Waals surface area contributed by atoms with Crippen LogP contribution in [0.3, 0.4) is 0 Å². The Morgan fingerprint density at radius 2 is 1.96 bits per heavy atom. The van der Waals surface area contributed by atoms with E-state index in [1.54, 1.807) is 24.3 Å². The van der Waals surface area contributed by atoms with Crippen LogP contribution >= 0.6 is 0 Å². The normalized spacial score (nSPS) is 22.8. The minimum absolute atomic E-state index is 0.0239. The maximum atomic E-state index is 13.3. The van der Waals surface area contributed by atoms with Crippen LogP contribution in [0.5, 0.6) is 11.5 Å². The summed E-state index contributed by atoms with van der Waals surface area (Å²) in [4.78, 5) is 14.5. The number of phenolic OH excluding ortho intramolecular Hbond substituents is 1. The quantitative estimate of drug-likeness (QED) is 0.810. The van der Waals surface area contributed by atoms with Crippen LogP contribution in [0.25, 0.3) is 0 Å². The lowest BCUT2D eigenvalue weighted by molar-refractivity contribution is 0.0685. The number of hydrogen-bond donors (Lipinski definition) is 1. The number of rotatable bonds is 5. The highest BCUT2D eigenvalue weighted by Gasteiger charge is 2.32. The van der Waals surface area contributed by atoms with Gasteiger partial charge in [-0.05, 0) is 74.3 Å². The number of nitrogens with zero attached hydrogens (tertiary/aromatic N) is 1. The largest absolute Gasteiger partial charge is 0.508 e. The molecule has 28 heavy (non-hydrogen) atoms. The number of ether oxygens (including phenoxy) is 1. The zero-order valence-corrected chi connectivity index (χ0v) is 16.1. The lowest BCUT2D eigenvalue weighted by Gasteiger charge is -2.34. The fourth-order valence-electron chi connectivity index (χ4n) is 4.50. The number of hydrogen-bond acceptors (Lipinski definition) is 3. The lowest BCUT2D eigenvalue weighted by Crippen LogP contribution is -2.34. The second kappa shape index (κ2) is 7.82. The summed E-state index contributed by atoms with van der Waals surface area (Å²) in [6.45, 7) is 3.45. The molecule has 0 saturated heterocycles. The van der Waals surface area contributed by atoms with Gasteiger partial charge in [-0.15, -0.1) is 0 Å². The summed E-state index contributed by atoms with van der Waals surface area (Å²) in [7, 11) is 0. The first-order chi connectivity index (χ1) is 13.5. The number of aromatic hydroxyl groups is 1. The Labute approximate surface area is 164 Å². The molecule has 0 aromatic heterocycles. The number of amides is 1. The zero-order valence-electron chi connectivity index (χ0n) is 16.1. The molecule has 1 aliphatic heterocycles. The summed E-state index contributed by atoms with van der Waals surface area (Å²) < 4.78 is 19.3. The van der Waals surface area contributed by atoms with Crippen molar-refractivity contribution in [2.24, 2.45) is 11.8 Å². The summed E-state index contributed by atoms with van der Waals surface area (Å²) in [5, 5.41) is 9.62. The number of phenols is 1. The van der Waals surface area contributed by atoms with E-state index in [4.69, 9.17) is 4.74 Å². The molecule has 0 spiro atoms. The van der Waals surface area contributed by atoms with E-state index in [1.807, 2.05) is 11.0 Å². The van der Waals surface area contributed by atoms with Crippen molar-refractivity contribution in [3.63, 3.8) is 0 Å². The van der Waals surface area contributed by atoms with E-state index < -0.39 is 0 Å². The molecular weight excluding hydrogens is 357 g/mol. The molecule has 148 valence electrons. The molecule has 1 unspecified atom stereocenters. The Bertz CT molecular complexity index is 861. The van der Waals surface area contributed by atoms with Crippen molar-refractivity contribution in [2.75, 3.05) is 6.54 Å². The summed E-state index contributed by atoms with van der Waals surface area (Å²) >= 11 is 0. The van der Waals surface area contributed by atoms with Gasteiger partial charge in [-0.1, -0.05) is 12.1 Å². The molecule has 1 aliphatic carbocycles. The molecule has 5 heteroatoms. The Hall–Kier alpha value is -2.56. The van der Waals surface area contributed by atoms with E-state index in [-0.39, 0.29) is 23.6 Å². The van der Waals surface area contributed by atoms with Crippen molar-refractivity contribution in [1.82, 2.24) is 4.90 Å². The molecule has 0 radical (unpaired) electrons. The highest BCUT2D eigenvalue weighted by Crippen LogP contribution is 2.35. The molecule has 2 aliphatic rings. The van der Waals surface area contributed by atoms with Gasteiger partial charge < -0.3 is 14.7 Å². The Morgan fingerprint density at radius 3 is 2.71 bits per heavy atom. The van der Waals surface area contributed by atoms with Gasteiger partial charge in [0.15, 0.2) is 0 Å². The molecule has 1 atom stereocenters. The Balaban J connectivity index is 1.28. The summed E-state index contributed by atoms with van der Waals surface area (Å²) in [5.41, 5.74) is 1.62. The van der Waals surface area contributed by atoms with Crippen molar-refractivity contribution in [1.29, 1.82) is 0 Å². The first-order valence-corrected chi connectivity index (χ1v) is 10.0. The van der Waals surface area contributed by atoms with Crippen LogP contribution in [-0.2, 0) is 6.54 Å². The van der Waals surface area contributed by atoms with Crippen molar-refractivity contribution < 1.29 is 19.0 Å². The monoisotopic (exact) mass is 383 g/mol. The Morgan fingerprint density at radius 1 is 1.18 bits per heavy atom. The van der Waals surface area contributed by atoms with E-state index in [1.165, 1.54) is 12.1 Å². The zero-order chi connectivity index (χ0) is 19.7. The Kier molecular flexibility index (Phi) is 5.25. The van der Waals surface area contributed by atoms with E-state index in [0.717, 1.165) is 37.8 Å². The smallest absolute Gasteiger partial charge is 0.254 e. The molecule has 2 aromatic rings. The summed E-state index contributed by atoms with van der Waals surface area (Å²) in [6, 6.07) is 11.4. The number of benzene rings is 2. The summed E-state index contributed by atoms with van der Waals surface area (Å²) in [5.74, 6) is 1.40. The van der Waals surface area contributed by atoms with Gasteiger partial charge >= 0.3 is 0 Å². The molecule has 4 nitrogen and oxygen atoms in total. The molecule has 1 N–H and O–H groups in total. The second-order valence-electron chi connectivity index (χ2n) is 8.09. The van der Waals surface area contributed by atoms with Crippen LogP contribution in [0.1, 0.15) is 48.5 Å². The first-order valence-electron chi connectivity index (χ1n) is 10.0. The molecule has 4 rings (SSSR count). The van der Waals surface area contributed by atoms with E-state index in [0.29, 0.717) is 29.7 Å². The molecular formula is C23H26FNO3. The highest BCUT2D eigenvalue weighted by atomic mass is 19.1. The number of carbonyl (C=O) groups excluding carboxylic acids is 1. The second-order valence-corrected chi connectivity index (χ2v) is 8.09. The summed E-state index contributed by atoms with van der Waals surface area (Å²) in [6.07, 6.45) is 4.27. The van der Waals surface area contributed by atoms with Crippen LogP contribution in [0.15, 0.2) is 42.5 Å². The van der Waals surface area contributed by atoms with Gasteiger partial charge in [-0.25, -0.2) is 4.39 Å². The fraction of sp³-hybridized carbons (Fsp3) is 0.435. The van der Waals surface area contributed by atoms with Gasteiger partial charge in [-0.3, -0.25) is 4.79 Å². The fourth-order valence-corrected chi connectivity index (χ4v) is 4.50. The van der Waals surface area contributed by atoms with Crippen LogP contribution in [0.2, 0.25) is 0 Å². The van der Waals surface area contributed by atoms with Gasteiger partial charge in [0, 0.05) is 24.7 Å². The van der Waals surface area contributed by atoms with Crippen LogP contribution in [0.4, 0.5) is 4.39 Å². The average Bonchev–Trinajstić information content (AvgIpc) is 2.98. The van der Waals surface area contributed by atoms with Crippen LogP contribution in [-0.4, -0.2) is 28.6 Å². The van der Waals surface area contributed by atoms with Gasteiger partial charge in [0.25, 0.3) is 5.91 Å². The topological polar surface area (TPSA) is 49.8 Å². The van der Waals surface area contributed by atoms with E-state index in [9.17, 15) is 14.3 Å². The minimum atomic E-state index is -0.280. The minimum Gasteiger partial charge on any atom is -0.508 e. The van der Waals surface area contributed by atoms with Gasteiger partial charge in [0.1, 0.15) is 17.3 Å². The van der Waals surface area contributed by atoms with Gasteiger partial charge in [0.05, 0.1) is 6.10 Å². The van der Waals surface area contributed by atoms with Crippen molar-refractivity contribution in [2.45, 2.75) is 45.3 Å². The number of carbonyl (C=O) groups is 1. The lowest BCUT2D eigenvalue weighted by atomic mass is 9.79. The average molecular weight is 383 g/mol. The molecule has 0 bridgehead atoms. The van der Waals surface area contributed by atoms with Gasteiger partial charge in [-0.2, -0.15) is 0 Å². The number of fused-ring (bicyclic) bond motifs is 1. The standard InChI is InChI=1S/C23H26FNO3/c1-15(28-21-4-2-3-19(24)11-21)17-7-5-16(6-8-17)13-25-14-18-9-10-20(26)12-22(18)23(25)27/h2-4,9-12,15-17,26H,5-8,13-14H2,1H3. The predicted molar refractivity (Wildman–Crippen MR) is 105 cm³/mol. The molecule has 1 amide bonds. The molecule has 1 saturated carbocycles. The highest BCUT2D eigenvalue weighted by molar-refractivity contribution is 5.98. The van der Waals surface area contributed by atoms with Crippen molar-refractivity contribution in [3.8, 4) is 11.5 Å². The maximum absolute atomic E-state index is 13.3. The van der Waals surface area contributed by atoms with Crippen molar-refractivity contribution >= 4 is 5.91 Å².